The number of rotatable bonds is 7. The number of ketones is 1. The van der Waals surface area contributed by atoms with E-state index in [9.17, 15) is 14.4 Å². The third-order valence-electron chi connectivity index (χ3n) is 4.53. The molecule has 0 fully saturated rings. The van der Waals surface area contributed by atoms with Crippen LogP contribution in [0.3, 0.4) is 0 Å². The molecule has 0 atom stereocenters. The van der Waals surface area contributed by atoms with Crippen molar-refractivity contribution in [2.75, 3.05) is 23.7 Å². The molecule has 0 saturated carbocycles. The normalized spacial score (nSPS) is 10.6. The molecular weight excluding hydrogens is 392 g/mol. The highest BCUT2D eigenvalue weighted by Gasteiger charge is 2.14. The van der Waals surface area contributed by atoms with E-state index in [-0.39, 0.29) is 11.3 Å². The van der Waals surface area contributed by atoms with E-state index in [2.05, 4.69) is 10.6 Å². The monoisotopic (exact) mass is 412 g/mol. The average molecular weight is 413 g/mol. The first-order chi connectivity index (χ1) is 13.9. The zero-order chi connectivity index (χ0) is 21.0. The zero-order valence-corrected chi connectivity index (χ0v) is 16.9. The third kappa shape index (κ3) is 4.57. The number of carbonyl (C=O) groups is 1. The second-order valence-electron chi connectivity index (χ2n) is 6.51. The highest BCUT2D eigenvalue weighted by atomic mass is 35.5. The Bertz CT molecular complexity index is 1150. The Labute approximate surface area is 172 Å². The van der Waals surface area contributed by atoms with Crippen LogP contribution in [0, 0.1) is 0 Å². The highest BCUT2D eigenvalue weighted by molar-refractivity contribution is 6.31. The standard InChI is InChI=1S/C21H21ClN4O3/c1-25-18(13-19(27)26(2)21(25)29)24-11-10-23-17-9-8-15(22)12-16(17)20(28)14-6-4-3-5-7-14/h3-9,12-13,23-24H,10-11H2,1-2H3. The molecule has 0 saturated heterocycles. The van der Waals surface area contributed by atoms with Crippen molar-refractivity contribution in [1.29, 1.82) is 0 Å². The SMILES string of the molecule is Cn1c(NCCNc2ccc(Cl)cc2C(=O)c2ccccc2)cc(=O)n(C)c1=O. The van der Waals surface area contributed by atoms with Gasteiger partial charge < -0.3 is 10.6 Å². The minimum atomic E-state index is -0.401. The maximum atomic E-state index is 12.8. The summed E-state index contributed by atoms with van der Waals surface area (Å²) in [6, 6.07) is 15.5. The number of aromatic nitrogens is 2. The van der Waals surface area contributed by atoms with Crippen molar-refractivity contribution in [2.24, 2.45) is 14.1 Å². The molecule has 1 heterocycles. The Morgan fingerprint density at radius 1 is 0.931 bits per heavy atom. The van der Waals surface area contributed by atoms with Gasteiger partial charge in [-0.1, -0.05) is 41.9 Å². The van der Waals surface area contributed by atoms with Gasteiger partial charge in [0.2, 0.25) is 0 Å². The fourth-order valence-electron chi connectivity index (χ4n) is 2.89. The number of benzene rings is 2. The van der Waals surface area contributed by atoms with Crippen molar-refractivity contribution in [3.8, 4) is 0 Å². The summed E-state index contributed by atoms with van der Waals surface area (Å²) >= 11 is 6.09. The Morgan fingerprint density at radius 2 is 1.62 bits per heavy atom. The van der Waals surface area contributed by atoms with E-state index in [0.29, 0.717) is 40.7 Å². The van der Waals surface area contributed by atoms with Gasteiger partial charge in [-0.15, -0.1) is 0 Å². The van der Waals surface area contributed by atoms with Crippen LogP contribution in [0.1, 0.15) is 15.9 Å². The molecule has 29 heavy (non-hydrogen) atoms. The molecule has 2 N–H and O–H groups in total. The number of anilines is 2. The largest absolute Gasteiger partial charge is 0.383 e. The molecule has 0 aliphatic carbocycles. The van der Waals surface area contributed by atoms with E-state index in [1.807, 2.05) is 18.2 Å². The topological polar surface area (TPSA) is 85.1 Å². The van der Waals surface area contributed by atoms with Crippen LogP contribution in [0.2, 0.25) is 5.02 Å². The molecule has 0 aliphatic rings. The van der Waals surface area contributed by atoms with Gasteiger partial charge in [0.15, 0.2) is 5.78 Å². The number of hydrogen-bond donors (Lipinski definition) is 2. The molecular formula is C21H21ClN4O3. The fourth-order valence-corrected chi connectivity index (χ4v) is 3.07. The van der Waals surface area contributed by atoms with Crippen molar-refractivity contribution < 1.29 is 4.79 Å². The van der Waals surface area contributed by atoms with E-state index >= 15 is 0 Å². The summed E-state index contributed by atoms with van der Waals surface area (Å²) in [7, 11) is 3.02. The minimum absolute atomic E-state index is 0.127. The van der Waals surface area contributed by atoms with Crippen LogP contribution in [0.25, 0.3) is 0 Å². The van der Waals surface area contributed by atoms with Gasteiger partial charge >= 0.3 is 5.69 Å². The van der Waals surface area contributed by atoms with Crippen LogP contribution in [-0.2, 0) is 14.1 Å². The van der Waals surface area contributed by atoms with E-state index in [0.717, 1.165) is 4.57 Å². The smallest absolute Gasteiger partial charge is 0.332 e. The lowest BCUT2D eigenvalue weighted by molar-refractivity contribution is 0.103. The molecule has 2 aromatic carbocycles. The first-order valence-corrected chi connectivity index (χ1v) is 9.40. The number of carbonyl (C=O) groups excluding carboxylic acids is 1. The van der Waals surface area contributed by atoms with Crippen LogP contribution in [0.15, 0.2) is 64.2 Å². The predicted molar refractivity (Wildman–Crippen MR) is 115 cm³/mol. The number of nitrogens with zero attached hydrogens (tertiary/aromatic N) is 2. The Balaban J connectivity index is 1.71. The summed E-state index contributed by atoms with van der Waals surface area (Å²) in [5, 5.41) is 6.74. The van der Waals surface area contributed by atoms with Crippen LogP contribution < -0.4 is 21.9 Å². The van der Waals surface area contributed by atoms with Crippen LogP contribution in [-0.4, -0.2) is 28.0 Å². The highest BCUT2D eigenvalue weighted by Crippen LogP contribution is 2.23. The zero-order valence-electron chi connectivity index (χ0n) is 16.1. The first kappa shape index (κ1) is 20.4. The minimum Gasteiger partial charge on any atom is -0.383 e. The molecule has 150 valence electrons. The maximum absolute atomic E-state index is 12.8. The lowest BCUT2D eigenvalue weighted by atomic mass is 10.0. The first-order valence-electron chi connectivity index (χ1n) is 9.02. The van der Waals surface area contributed by atoms with E-state index in [4.69, 9.17) is 11.6 Å². The lowest BCUT2D eigenvalue weighted by Gasteiger charge is -2.14. The summed E-state index contributed by atoms with van der Waals surface area (Å²) in [5.41, 5.74) is 0.928. The van der Waals surface area contributed by atoms with Gasteiger partial charge in [0, 0.05) is 55.1 Å². The number of halogens is 1. The van der Waals surface area contributed by atoms with Gasteiger partial charge in [-0.3, -0.25) is 18.7 Å². The van der Waals surface area contributed by atoms with Crippen molar-refractivity contribution in [3.63, 3.8) is 0 Å². The number of nitrogens with one attached hydrogen (secondary N) is 2. The van der Waals surface area contributed by atoms with E-state index in [1.54, 1.807) is 37.4 Å². The summed E-state index contributed by atoms with van der Waals surface area (Å²) in [6.07, 6.45) is 0. The van der Waals surface area contributed by atoms with Crippen molar-refractivity contribution >= 4 is 28.9 Å². The maximum Gasteiger partial charge on any atom is 0.332 e. The third-order valence-corrected chi connectivity index (χ3v) is 4.77. The van der Waals surface area contributed by atoms with Gasteiger partial charge in [0.05, 0.1) is 0 Å². The van der Waals surface area contributed by atoms with Gasteiger partial charge in [0.25, 0.3) is 5.56 Å². The van der Waals surface area contributed by atoms with Crippen LogP contribution in [0.5, 0.6) is 0 Å². The van der Waals surface area contributed by atoms with Gasteiger partial charge in [-0.25, -0.2) is 4.79 Å². The van der Waals surface area contributed by atoms with E-state index in [1.165, 1.54) is 17.7 Å². The molecule has 0 amide bonds. The average Bonchev–Trinajstić information content (AvgIpc) is 2.74. The van der Waals surface area contributed by atoms with Crippen molar-refractivity contribution in [2.45, 2.75) is 0 Å². The molecule has 0 radical (unpaired) electrons. The van der Waals surface area contributed by atoms with Gasteiger partial charge in [0.1, 0.15) is 5.82 Å². The van der Waals surface area contributed by atoms with Crippen LogP contribution in [0.4, 0.5) is 11.5 Å². The molecule has 7 nitrogen and oxygen atoms in total. The summed E-state index contributed by atoms with van der Waals surface area (Å²) in [4.78, 5) is 36.6. The number of hydrogen-bond acceptors (Lipinski definition) is 5. The van der Waals surface area contributed by atoms with E-state index < -0.39 is 5.69 Å². The summed E-state index contributed by atoms with van der Waals surface area (Å²) in [5.74, 6) is 0.300. The molecule has 3 rings (SSSR count). The second kappa shape index (κ2) is 8.79. The van der Waals surface area contributed by atoms with Crippen molar-refractivity contribution in [3.05, 3.63) is 91.6 Å². The molecule has 8 heteroatoms. The molecule has 0 bridgehead atoms. The Morgan fingerprint density at radius 3 is 2.34 bits per heavy atom. The molecule has 3 aromatic rings. The Hall–Kier alpha value is -3.32. The molecule has 0 spiro atoms. The predicted octanol–water partition coefficient (Wildman–Crippen LogP) is 2.49. The molecule has 0 unspecified atom stereocenters. The summed E-state index contributed by atoms with van der Waals surface area (Å²) < 4.78 is 2.41. The lowest BCUT2D eigenvalue weighted by Crippen LogP contribution is -2.37. The van der Waals surface area contributed by atoms with Crippen LogP contribution >= 0.6 is 11.6 Å². The quantitative estimate of drug-likeness (QED) is 0.460. The molecule has 0 aliphatic heterocycles. The Kier molecular flexibility index (Phi) is 6.19. The fraction of sp³-hybridized carbons (Fsp3) is 0.190. The van der Waals surface area contributed by atoms with Gasteiger partial charge in [-0.2, -0.15) is 0 Å². The van der Waals surface area contributed by atoms with Crippen molar-refractivity contribution in [1.82, 2.24) is 9.13 Å². The molecule has 1 aromatic heterocycles. The second-order valence-corrected chi connectivity index (χ2v) is 6.94. The van der Waals surface area contributed by atoms with Gasteiger partial charge in [-0.05, 0) is 18.2 Å². The summed E-state index contributed by atoms with van der Waals surface area (Å²) in [6.45, 7) is 0.891.